The van der Waals surface area contributed by atoms with Crippen molar-refractivity contribution in [2.24, 2.45) is 0 Å². The lowest BCUT2D eigenvalue weighted by molar-refractivity contribution is -0.0152. The Morgan fingerprint density at radius 1 is 1.24 bits per heavy atom. The quantitative estimate of drug-likeness (QED) is 0.658. The van der Waals surface area contributed by atoms with Crippen LogP contribution in [0.15, 0.2) is 30.3 Å². The number of aliphatic hydroxyl groups excluding tert-OH is 1. The normalized spacial score (nSPS) is 15.6. The van der Waals surface area contributed by atoms with E-state index in [1.165, 1.54) is 0 Å². The molecule has 0 heterocycles. The van der Waals surface area contributed by atoms with E-state index in [1.54, 1.807) is 0 Å². The maximum absolute atomic E-state index is 9.92. The largest absolute Gasteiger partial charge is 0.394 e. The summed E-state index contributed by atoms with van der Waals surface area (Å²) < 4.78 is 11.1. The van der Waals surface area contributed by atoms with Crippen LogP contribution in [0.3, 0.4) is 0 Å². The molecule has 1 aromatic carbocycles. The van der Waals surface area contributed by atoms with E-state index in [-0.39, 0.29) is 12.7 Å². The maximum Gasteiger partial charge on any atom is 0.0780 e. The molecule has 0 bridgehead atoms. The number of hydrogen-bond acceptors (Lipinski definition) is 4. The van der Waals surface area contributed by atoms with Gasteiger partial charge in [-0.05, 0) is 32.4 Å². The van der Waals surface area contributed by atoms with Gasteiger partial charge in [-0.2, -0.15) is 0 Å². The monoisotopic (exact) mass is 295 g/mol. The molecule has 0 aliphatic heterocycles. The van der Waals surface area contributed by atoms with Crippen LogP contribution in [0.25, 0.3) is 0 Å². The lowest BCUT2D eigenvalue weighted by Crippen LogP contribution is -2.46. The molecule has 0 aliphatic carbocycles. The minimum atomic E-state index is -0.443. The molecule has 2 atom stereocenters. The molecule has 120 valence electrons. The van der Waals surface area contributed by atoms with Crippen LogP contribution in [-0.4, -0.2) is 44.2 Å². The fraction of sp³-hybridized carbons (Fsp3) is 0.647. The third kappa shape index (κ3) is 5.75. The summed E-state index contributed by atoms with van der Waals surface area (Å²) in [5, 5.41) is 13.3. The highest BCUT2D eigenvalue weighted by molar-refractivity contribution is 5.24. The summed E-state index contributed by atoms with van der Waals surface area (Å²) in [6.45, 7) is 8.77. The minimum absolute atomic E-state index is 0.0497. The van der Waals surface area contributed by atoms with Gasteiger partial charge in [-0.1, -0.05) is 37.3 Å². The van der Waals surface area contributed by atoms with Gasteiger partial charge in [0.25, 0.3) is 0 Å². The Hall–Kier alpha value is -0.940. The molecule has 0 aliphatic rings. The molecule has 0 saturated carbocycles. The highest BCUT2D eigenvalue weighted by Gasteiger charge is 2.30. The van der Waals surface area contributed by atoms with E-state index < -0.39 is 5.54 Å². The van der Waals surface area contributed by atoms with Crippen LogP contribution in [0.1, 0.15) is 32.8 Å². The number of benzene rings is 1. The van der Waals surface area contributed by atoms with Crippen molar-refractivity contribution in [3.63, 3.8) is 0 Å². The van der Waals surface area contributed by atoms with Crippen molar-refractivity contribution in [1.82, 2.24) is 5.32 Å². The topological polar surface area (TPSA) is 50.7 Å². The molecular weight excluding hydrogens is 266 g/mol. The van der Waals surface area contributed by atoms with Crippen LogP contribution in [0.4, 0.5) is 0 Å². The Morgan fingerprint density at radius 3 is 2.52 bits per heavy atom. The Morgan fingerprint density at radius 2 is 1.95 bits per heavy atom. The molecule has 0 aromatic heterocycles. The van der Waals surface area contributed by atoms with Gasteiger partial charge in [0.1, 0.15) is 0 Å². The fourth-order valence-corrected chi connectivity index (χ4v) is 2.42. The molecule has 21 heavy (non-hydrogen) atoms. The number of aliphatic hydroxyl groups is 1. The Labute approximate surface area is 128 Å². The van der Waals surface area contributed by atoms with Crippen LogP contribution in [0.2, 0.25) is 0 Å². The van der Waals surface area contributed by atoms with Crippen LogP contribution < -0.4 is 5.32 Å². The van der Waals surface area contributed by atoms with Gasteiger partial charge in [0.2, 0.25) is 0 Å². The Kier molecular flexibility index (Phi) is 8.54. The van der Waals surface area contributed by atoms with Crippen molar-refractivity contribution in [2.75, 3.05) is 33.0 Å². The van der Waals surface area contributed by atoms with E-state index in [9.17, 15) is 5.11 Å². The van der Waals surface area contributed by atoms with Gasteiger partial charge in [0.15, 0.2) is 0 Å². The van der Waals surface area contributed by atoms with Gasteiger partial charge >= 0.3 is 0 Å². The average molecular weight is 295 g/mol. The summed E-state index contributed by atoms with van der Waals surface area (Å²) in [6.07, 6.45) is 0.788. The number of nitrogens with one attached hydrogen (secondary N) is 1. The molecule has 1 aromatic rings. The molecule has 2 N–H and O–H groups in total. The van der Waals surface area contributed by atoms with Gasteiger partial charge in [-0.15, -0.1) is 0 Å². The van der Waals surface area contributed by atoms with Gasteiger partial charge in [-0.25, -0.2) is 0 Å². The van der Waals surface area contributed by atoms with E-state index >= 15 is 0 Å². The first kappa shape index (κ1) is 18.1. The highest BCUT2D eigenvalue weighted by Crippen LogP contribution is 2.25. The predicted octanol–water partition coefficient (Wildman–Crippen LogP) is 2.32. The third-order valence-electron chi connectivity index (χ3n) is 3.60. The molecule has 2 unspecified atom stereocenters. The van der Waals surface area contributed by atoms with Crippen molar-refractivity contribution < 1.29 is 14.6 Å². The summed E-state index contributed by atoms with van der Waals surface area (Å²) in [4.78, 5) is 0. The fourth-order valence-electron chi connectivity index (χ4n) is 2.42. The van der Waals surface area contributed by atoms with E-state index in [0.717, 1.165) is 18.5 Å². The molecule has 1 rings (SSSR count). The summed E-state index contributed by atoms with van der Waals surface area (Å²) in [6, 6.07) is 10.1. The molecule has 0 radical (unpaired) electrons. The first-order valence-corrected chi connectivity index (χ1v) is 7.79. The minimum Gasteiger partial charge on any atom is -0.394 e. The van der Waals surface area contributed by atoms with Crippen LogP contribution in [-0.2, 0) is 15.0 Å². The van der Waals surface area contributed by atoms with Crippen LogP contribution in [0, 0.1) is 0 Å². The maximum atomic E-state index is 9.92. The molecule has 0 fully saturated rings. The van der Waals surface area contributed by atoms with Gasteiger partial charge < -0.3 is 19.9 Å². The van der Waals surface area contributed by atoms with Crippen LogP contribution >= 0.6 is 0 Å². The van der Waals surface area contributed by atoms with Crippen molar-refractivity contribution in [3.8, 4) is 0 Å². The second kappa shape index (κ2) is 9.90. The van der Waals surface area contributed by atoms with Crippen LogP contribution in [0.5, 0.6) is 0 Å². The predicted molar refractivity (Wildman–Crippen MR) is 85.4 cm³/mol. The molecule has 4 heteroatoms. The third-order valence-corrected chi connectivity index (χ3v) is 3.60. The lowest BCUT2D eigenvalue weighted by Gasteiger charge is -2.34. The molecule has 0 saturated heterocycles. The van der Waals surface area contributed by atoms with Crippen molar-refractivity contribution in [2.45, 2.75) is 38.8 Å². The zero-order chi connectivity index (χ0) is 15.6. The SMILES string of the molecule is CCNC(CO)(CCOC(C)COCC)c1ccccc1. The van der Waals surface area contributed by atoms with Gasteiger partial charge in [-0.3, -0.25) is 0 Å². The summed E-state index contributed by atoms with van der Waals surface area (Å²) in [5.41, 5.74) is 0.650. The summed E-state index contributed by atoms with van der Waals surface area (Å²) in [7, 11) is 0. The van der Waals surface area contributed by atoms with Crippen molar-refractivity contribution in [1.29, 1.82) is 0 Å². The first-order chi connectivity index (χ1) is 10.2. The molecule has 0 amide bonds. The Balaban J connectivity index is 2.62. The second-order valence-corrected chi connectivity index (χ2v) is 5.23. The second-order valence-electron chi connectivity index (χ2n) is 5.23. The summed E-state index contributed by atoms with van der Waals surface area (Å²) in [5.74, 6) is 0. The zero-order valence-electron chi connectivity index (χ0n) is 13.5. The molecule has 0 spiro atoms. The lowest BCUT2D eigenvalue weighted by atomic mass is 9.87. The summed E-state index contributed by atoms with van der Waals surface area (Å²) >= 11 is 0. The number of hydrogen-bond donors (Lipinski definition) is 2. The zero-order valence-corrected chi connectivity index (χ0v) is 13.5. The van der Waals surface area contributed by atoms with Crippen molar-refractivity contribution >= 4 is 0 Å². The van der Waals surface area contributed by atoms with E-state index in [0.29, 0.717) is 19.8 Å². The van der Waals surface area contributed by atoms with Gasteiger partial charge in [0.05, 0.1) is 24.9 Å². The highest BCUT2D eigenvalue weighted by atomic mass is 16.5. The number of ether oxygens (including phenoxy) is 2. The number of likely N-dealkylation sites (N-methyl/N-ethyl adjacent to an activating group) is 1. The smallest absolute Gasteiger partial charge is 0.0780 e. The molecule has 4 nitrogen and oxygen atoms in total. The van der Waals surface area contributed by atoms with E-state index in [4.69, 9.17) is 9.47 Å². The Bertz CT molecular complexity index is 372. The first-order valence-electron chi connectivity index (χ1n) is 7.79. The standard InChI is InChI=1S/C17H29NO3/c1-4-18-17(14-19,16-9-7-6-8-10-16)11-12-21-15(3)13-20-5-2/h6-10,15,18-19H,4-5,11-14H2,1-3H3. The van der Waals surface area contributed by atoms with E-state index in [2.05, 4.69) is 5.32 Å². The number of rotatable bonds is 11. The molecular formula is C17H29NO3. The van der Waals surface area contributed by atoms with Gasteiger partial charge in [0, 0.05) is 13.2 Å². The van der Waals surface area contributed by atoms with E-state index in [1.807, 2.05) is 51.1 Å². The average Bonchev–Trinajstić information content (AvgIpc) is 2.53. The van der Waals surface area contributed by atoms with Crippen molar-refractivity contribution in [3.05, 3.63) is 35.9 Å².